The minimum atomic E-state index is 0.0227. The summed E-state index contributed by atoms with van der Waals surface area (Å²) in [7, 11) is 0. The molecule has 2 aromatic rings. The Bertz CT molecular complexity index is 592. The fraction of sp³-hybridized carbons (Fsp3) is 0.353. The second kappa shape index (κ2) is 6.59. The number of furan rings is 1. The third-order valence-corrected chi connectivity index (χ3v) is 3.89. The van der Waals surface area contributed by atoms with E-state index in [1.54, 1.807) is 6.26 Å². The second-order valence-electron chi connectivity index (χ2n) is 5.39. The van der Waals surface area contributed by atoms with E-state index in [2.05, 4.69) is 10.6 Å². The Morgan fingerprint density at radius 2 is 2.10 bits per heavy atom. The van der Waals surface area contributed by atoms with Gasteiger partial charge in [0.2, 0.25) is 5.91 Å². The Morgan fingerprint density at radius 3 is 2.95 bits per heavy atom. The molecule has 110 valence electrons. The Morgan fingerprint density at radius 1 is 1.24 bits per heavy atom. The standard InChI is InChI=1S/C17H20N2O2/c20-17(19-11-13-5-2-1-3-6-13)12-18-15-7-4-8-16-14(15)9-10-21-16/h1-3,5-6,9-10,15,18H,4,7-8,11-12H2,(H,19,20). The highest BCUT2D eigenvalue weighted by molar-refractivity contribution is 5.78. The van der Waals surface area contributed by atoms with Gasteiger partial charge in [0.15, 0.2) is 0 Å². The fourth-order valence-corrected chi connectivity index (χ4v) is 2.77. The molecule has 1 amide bonds. The molecule has 1 aliphatic rings. The number of nitrogens with one attached hydrogen (secondary N) is 2. The Hall–Kier alpha value is -2.07. The van der Waals surface area contributed by atoms with Crippen LogP contribution in [0.2, 0.25) is 0 Å². The van der Waals surface area contributed by atoms with E-state index in [1.165, 1.54) is 5.56 Å². The molecule has 0 aliphatic heterocycles. The molecule has 2 N–H and O–H groups in total. The van der Waals surface area contributed by atoms with Crippen molar-refractivity contribution in [3.63, 3.8) is 0 Å². The van der Waals surface area contributed by atoms with Gasteiger partial charge in [0.1, 0.15) is 5.76 Å². The monoisotopic (exact) mass is 284 g/mol. The van der Waals surface area contributed by atoms with Crippen LogP contribution in [0.3, 0.4) is 0 Å². The quantitative estimate of drug-likeness (QED) is 0.887. The highest BCUT2D eigenvalue weighted by atomic mass is 16.3. The number of fused-ring (bicyclic) bond motifs is 1. The number of carbonyl (C=O) groups excluding carboxylic acids is 1. The van der Waals surface area contributed by atoms with Crippen molar-refractivity contribution in [2.45, 2.75) is 31.8 Å². The third kappa shape index (κ3) is 3.52. The van der Waals surface area contributed by atoms with Crippen molar-refractivity contribution in [3.05, 3.63) is 59.5 Å². The third-order valence-electron chi connectivity index (χ3n) is 3.89. The maximum atomic E-state index is 11.9. The summed E-state index contributed by atoms with van der Waals surface area (Å²) in [5.41, 5.74) is 2.32. The summed E-state index contributed by atoms with van der Waals surface area (Å²) in [6, 6.07) is 12.2. The molecule has 3 rings (SSSR count). The van der Waals surface area contributed by atoms with Crippen LogP contribution in [-0.4, -0.2) is 12.5 Å². The summed E-state index contributed by atoms with van der Waals surface area (Å²) in [4.78, 5) is 11.9. The fourth-order valence-electron chi connectivity index (χ4n) is 2.77. The number of aryl methyl sites for hydroxylation is 1. The highest BCUT2D eigenvalue weighted by Crippen LogP contribution is 2.30. The van der Waals surface area contributed by atoms with Gasteiger partial charge in [-0.05, 0) is 24.5 Å². The van der Waals surface area contributed by atoms with E-state index in [0.29, 0.717) is 13.1 Å². The molecular formula is C17H20N2O2. The van der Waals surface area contributed by atoms with Crippen molar-refractivity contribution in [2.75, 3.05) is 6.54 Å². The first kappa shape index (κ1) is 13.9. The predicted molar refractivity (Wildman–Crippen MR) is 80.7 cm³/mol. The van der Waals surface area contributed by atoms with E-state index >= 15 is 0 Å². The van der Waals surface area contributed by atoms with E-state index in [-0.39, 0.29) is 11.9 Å². The van der Waals surface area contributed by atoms with Crippen LogP contribution in [0.1, 0.15) is 35.8 Å². The van der Waals surface area contributed by atoms with E-state index in [0.717, 1.165) is 30.6 Å². The minimum absolute atomic E-state index is 0.0227. The lowest BCUT2D eigenvalue weighted by Crippen LogP contribution is -2.36. The number of hydrogen-bond donors (Lipinski definition) is 2. The zero-order valence-electron chi connectivity index (χ0n) is 12.0. The lowest BCUT2D eigenvalue weighted by molar-refractivity contribution is -0.120. The summed E-state index contributed by atoms with van der Waals surface area (Å²) in [6.07, 6.45) is 4.89. The number of amides is 1. The molecule has 21 heavy (non-hydrogen) atoms. The van der Waals surface area contributed by atoms with Gasteiger partial charge in [0, 0.05) is 24.6 Å². The molecule has 1 aliphatic carbocycles. The molecule has 4 heteroatoms. The zero-order valence-corrected chi connectivity index (χ0v) is 12.0. The molecular weight excluding hydrogens is 264 g/mol. The van der Waals surface area contributed by atoms with Crippen LogP contribution in [0.15, 0.2) is 47.1 Å². The van der Waals surface area contributed by atoms with Gasteiger partial charge in [0.05, 0.1) is 12.8 Å². The van der Waals surface area contributed by atoms with Gasteiger partial charge in [-0.3, -0.25) is 4.79 Å². The molecule has 0 spiro atoms. The normalized spacial score (nSPS) is 17.2. The Kier molecular flexibility index (Phi) is 4.36. The van der Waals surface area contributed by atoms with E-state index in [4.69, 9.17) is 4.42 Å². The molecule has 0 fully saturated rings. The van der Waals surface area contributed by atoms with Crippen LogP contribution in [0, 0.1) is 0 Å². The van der Waals surface area contributed by atoms with Gasteiger partial charge in [-0.2, -0.15) is 0 Å². The zero-order chi connectivity index (χ0) is 14.5. The second-order valence-corrected chi connectivity index (χ2v) is 5.39. The molecule has 4 nitrogen and oxygen atoms in total. The van der Waals surface area contributed by atoms with Gasteiger partial charge >= 0.3 is 0 Å². The molecule has 0 saturated heterocycles. The van der Waals surface area contributed by atoms with Gasteiger partial charge < -0.3 is 15.1 Å². The lowest BCUT2D eigenvalue weighted by Gasteiger charge is -2.22. The largest absolute Gasteiger partial charge is 0.469 e. The highest BCUT2D eigenvalue weighted by Gasteiger charge is 2.22. The first-order valence-electron chi connectivity index (χ1n) is 7.43. The van der Waals surface area contributed by atoms with Gasteiger partial charge in [-0.15, -0.1) is 0 Å². The van der Waals surface area contributed by atoms with Crippen LogP contribution >= 0.6 is 0 Å². The first-order chi connectivity index (χ1) is 10.3. The van der Waals surface area contributed by atoms with Crippen molar-refractivity contribution in [2.24, 2.45) is 0 Å². The van der Waals surface area contributed by atoms with E-state index in [9.17, 15) is 4.79 Å². The molecule has 1 aromatic carbocycles. The summed E-state index contributed by atoms with van der Waals surface area (Å²) in [5, 5.41) is 6.26. The van der Waals surface area contributed by atoms with Crippen LogP contribution < -0.4 is 10.6 Å². The maximum Gasteiger partial charge on any atom is 0.234 e. The van der Waals surface area contributed by atoms with E-state index in [1.807, 2.05) is 36.4 Å². The molecule has 0 bridgehead atoms. The van der Waals surface area contributed by atoms with Crippen molar-refractivity contribution in [1.82, 2.24) is 10.6 Å². The van der Waals surface area contributed by atoms with Crippen molar-refractivity contribution in [1.29, 1.82) is 0 Å². The number of hydrogen-bond acceptors (Lipinski definition) is 3. The predicted octanol–water partition coefficient (Wildman–Crippen LogP) is 2.56. The topological polar surface area (TPSA) is 54.3 Å². The molecule has 1 atom stereocenters. The lowest BCUT2D eigenvalue weighted by atomic mass is 9.93. The maximum absolute atomic E-state index is 11.9. The van der Waals surface area contributed by atoms with Gasteiger partial charge in [-0.25, -0.2) is 0 Å². The van der Waals surface area contributed by atoms with Crippen LogP contribution in [0.25, 0.3) is 0 Å². The summed E-state index contributed by atoms with van der Waals surface area (Å²) >= 11 is 0. The number of benzene rings is 1. The molecule has 1 unspecified atom stereocenters. The Labute approximate surface area is 124 Å². The molecule has 0 radical (unpaired) electrons. The van der Waals surface area contributed by atoms with Crippen molar-refractivity contribution >= 4 is 5.91 Å². The summed E-state index contributed by atoms with van der Waals surface area (Å²) in [6.45, 7) is 0.908. The van der Waals surface area contributed by atoms with Gasteiger partial charge in [0.25, 0.3) is 0 Å². The van der Waals surface area contributed by atoms with Crippen molar-refractivity contribution < 1.29 is 9.21 Å². The summed E-state index contributed by atoms with van der Waals surface area (Å²) < 4.78 is 5.46. The Balaban J connectivity index is 1.47. The first-order valence-corrected chi connectivity index (χ1v) is 7.43. The molecule has 1 heterocycles. The average molecular weight is 284 g/mol. The minimum Gasteiger partial charge on any atom is -0.469 e. The number of carbonyl (C=O) groups is 1. The molecule has 1 aromatic heterocycles. The molecule has 0 saturated carbocycles. The van der Waals surface area contributed by atoms with Crippen molar-refractivity contribution in [3.8, 4) is 0 Å². The average Bonchev–Trinajstić information content (AvgIpc) is 3.01. The van der Waals surface area contributed by atoms with Crippen LogP contribution in [0.5, 0.6) is 0 Å². The SMILES string of the molecule is O=C(CNC1CCCc2occc21)NCc1ccccc1. The van der Waals surface area contributed by atoms with Gasteiger partial charge in [-0.1, -0.05) is 30.3 Å². The summed E-state index contributed by atoms with van der Waals surface area (Å²) in [5.74, 6) is 1.08. The van der Waals surface area contributed by atoms with Crippen LogP contribution in [0.4, 0.5) is 0 Å². The van der Waals surface area contributed by atoms with Crippen LogP contribution in [-0.2, 0) is 17.8 Å². The van der Waals surface area contributed by atoms with E-state index < -0.39 is 0 Å². The smallest absolute Gasteiger partial charge is 0.234 e. The number of rotatable bonds is 5.